The van der Waals surface area contributed by atoms with Crippen molar-refractivity contribution in [1.82, 2.24) is 10.3 Å². The summed E-state index contributed by atoms with van der Waals surface area (Å²) in [6.07, 6.45) is -2.60. The molecule has 1 aromatic heterocycles. The van der Waals surface area contributed by atoms with Crippen molar-refractivity contribution in [3.8, 4) is 23.0 Å². The van der Waals surface area contributed by atoms with Gasteiger partial charge in [-0.1, -0.05) is 59.7 Å². The fraction of sp³-hybridized carbons (Fsp3) is 0.419. The highest BCUT2D eigenvalue weighted by Crippen LogP contribution is 2.49. The topological polar surface area (TPSA) is 75.8 Å². The average molecular weight is 551 g/mol. The van der Waals surface area contributed by atoms with E-state index in [0.717, 1.165) is 27.8 Å². The zero-order chi connectivity index (χ0) is 28.4. The Kier molecular flexibility index (Phi) is 5.98. The minimum absolute atomic E-state index is 0.0473. The molecule has 2 aliphatic heterocycles. The third-order valence-corrected chi connectivity index (χ3v) is 7.81. The molecule has 0 saturated carbocycles. The van der Waals surface area contributed by atoms with Gasteiger partial charge in [-0.05, 0) is 86.4 Å². The molecule has 0 aliphatic carbocycles. The number of halogens is 2. The minimum atomic E-state index is -3.73. The van der Waals surface area contributed by atoms with E-state index in [-0.39, 0.29) is 29.6 Å². The molecule has 0 radical (unpaired) electrons. The van der Waals surface area contributed by atoms with Gasteiger partial charge in [0.05, 0.1) is 0 Å². The predicted octanol–water partition coefficient (Wildman–Crippen LogP) is 7.44. The highest BCUT2D eigenvalue weighted by molar-refractivity contribution is 5.78. The van der Waals surface area contributed by atoms with Crippen LogP contribution in [-0.2, 0) is 23.7 Å². The Morgan fingerprint density at radius 2 is 1.55 bits per heavy atom. The van der Waals surface area contributed by atoms with Crippen molar-refractivity contribution in [3.63, 3.8) is 0 Å². The van der Waals surface area contributed by atoms with E-state index in [1.165, 1.54) is 0 Å². The van der Waals surface area contributed by atoms with Gasteiger partial charge in [-0.25, -0.2) is 4.63 Å². The lowest BCUT2D eigenvalue weighted by molar-refractivity contribution is -0.287. The van der Waals surface area contributed by atoms with Crippen LogP contribution in [0, 0.1) is 0 Å². The Morgan fingerprint density at radius 3 is 2.33 bits per heavy atom. The Hall–Kier alpha value is -3.88. The smallest absolute Gasteiger partial charge is 0.454 e. The van der Waals surface area contributed by atoms with E-state index in [2.05, 4.69) is 44.1 Å². The molecule has 0 saturated heterocycles. The maximum atomic E-state index is 14.4. The van der Waals surface area contributed by atoms with Crippen LogP contribution in [0.25, 0.3) is 11.0 Å². The summed E-state index contributed by atoms with van der Waals surface area (Å²) in [5, 5.41) is 8.13. The van der Waals surface area contributed by atoms with Gasteiger partial charge in [-0.2, -0.15) is 0 Å². The molecule has 0 unspecified atom stereocenters. The number of rotatable bonds is 7. The van der Waals surface area contributed by atoms with Gasteiger partial charge in [-0.3, -0.25) is 0 Å². The molecule has 7 nitrogen and oxygen atoms in total. The van der Waals surface area contributed by atoms with Crippen molar-refractivity contribution < 1.29 is 32.4 Å². The van der Waals surface area contributed by atoms with Crippen LogP contribution in [0.15, 0.2) is 47.1 Å². The molecule has 0 spiro atoms. The molecule has 0 amide bonds. The Bertz CT molecular complexity index is 1610. The van der Waals surface area contributed by atoms with Crippen LogP contribution in [-0.4, -0.2) is 23.4 Å². The third-order valence-electron chi connectivity index (χ3n) is 7.81. The number of hydrogen-bond acceptors (Lipinski definition) is 7. The van der Waals surface area contributed by atoms with Crippen molar-refractivity contribution in [2.45, 2.75) is 77.4 Å². The lowest BCUT2D eigenvalue weighted by Crippen LogP contribution is -2.27. The summed E-state index contributed by atoms with van der Waals surface area (Å²) in [7, 11) is 0. The normalized spacial score (nSPS) is 15.8. The lowest BCUT2D eigenvalue weighted by atomic mass is 9.75. The van der Waals surface area contributed by atoms with Crippen molar-refractivity contribution in [3.05, 3.63) is 70.3 Å². The molecule has 2 aliphatic rings. The summed E-state index contributed by atoms with van der Waals surface area (Å²) < 4.78 is 54.8. The molecule has 4 aromatic rings. The molecule has 6 rings (SSSR count). The van der Waals surface area contributed by atoms with Gasteiger partial charge in [0.15, 0.2) is 23.0 Å². The highest BCUT2D eigenvalue weighted by atomic mass is 19.3. The van der Waals surface area contributed by atoms with Crippen molar-refractivity contribution in [1.29, 1.82) is 0 Å². The SMILES string of the molecule is CC(C)c1cc(CC(C)(C)c2cc(CC(C)(C)c3ccc4c(c3)OCO4)cc3c2OC(F)(F)O3)cc2nonc12. The predicted molar refractivity (Wildman–Crippen MR) is 145 cm³/mol. The number of alkyl halides is 2. The van der Waals surface area contributed by atoms with Gasteiger partial charge in [0.25, 0.3) is 0 Å². The van der Waals surface area contributed by atoms with Crippen LogP contribution in [0.2, 0.25) is 0 Å². The molecule has 3 heterocycles. The van der Waals surface area contributed by atoms with E-state index in [0.29, 0.717) is 35.4 Å². The monoisotopic (exact) mass is 550 g/mol. The second kappa shape index (κ2) is 9.08. The summed E-state index contributed by atoms with van der Waals surface area (Å²) >= 11 is 0. The van der Waals surface area contributed by atoms with Crippen molar-refractivity contribution in [2.24, 2.45) is 0 Å². The molecular formula is C31H32F2N2O5. The third kappa shape index (κ3) is 4.71. The summed E-state index contributed by atoms with van der Waals surface area (Å²) in [4.78, 5) is 0. The van der Waals surface area contributed by atoms with Crippen LogP contribution in [0.4, 0.5) is 8.78 Å². The molecule has 3 aromatic carbocycles. The van der Waals surface area contributed by atoms with Gasteiger partial charge in [-0.15, -0.1) is 8.78 Å². The first kappa shape index (κ1) is 26.3. The molecule has 40 heavy (non-hydrogen) atoms. The van der Waals surface area contributed by atoms with Crippen LogP contribution in [0.3, 0.4) is 0 Å². The zero-order valence-electron chi connectivity index (χ0n) is 23.4. The van der Waals surface area contributed by atoms with Crippen LogP contribution in [0.5, 0.6) is 23.0 Å². The number of ether oxygens (including phenoxy) is 4. The number of hydrogen-bond donors (Lipinski definition) is 0. The molecule has 0 fully saturated rings. The summed E-state index contributed by atoms with van der Waals surface area (Å²) in [5.74, 6) is 1.75. The van der Waals surface area contributed by atoms with E-state index >= 15 is 0 Å². The van der Waals surface area contributed by atoms with Gasteiger partial charge >= 0.3 is 6.29 Å². The summed E-state index contributed by atoms with van der Waals surface area (Å²) in [6.45, 7) is 12.7. The minimum Gasteiger partial charge on any atom is -0.454 e. The zero-order valence-corrected chi connectivity index (χ0v) is 23.4. The molecule has 0 atom stereocenters. The van der Waals surface area contributed by atoms with E-state index in [4.69, 9.17) is 23.6 Å². The quantitative estimate of drug-likeness (QED) is 0.237. The first-order valence-corrected chi connectivity index (χ1v) is 13.4. The first-order valence-electron chi connectivity index (χ1n) is 13.4. The maximum absolute atomic E-state index is 14.4. The summed E-state index contributed by atoms with van der Waals surface area (Å²) in [6, 6.07) is 13.6. The largest absolute Gasteiger partial charge is 0.586 e. The van der Waals surface area contributed by atoms with E-state index in [1.807, 2.05) is 44.2 Å². The van der Waals surface area contributed by atoms with Crippen molar-refractivity contribution in [2.75, 3.05) is 6.79 Å². The number of nitrogens with zero attached hydrogens (tertiary/aromatic N) is 2. The second-order valence-corrected chi connectivity index (χ2v) is 12.3. The van der Waals surface area contributed by atoms with E-state index < -0.39 is 11.7 Å². The Labute approximate surface area is 231 Å². The first-order chi connectivity index (χ1) is 18.8. The van der Waals surface area contributed by atoms with Crippen LogP contribution in [0.1, 0.15) is 75.3 Å². The molecule has 0 N–H and O–H groups in total. The lowest BCUT2D eigenvalue weighted by Gasteiger charge is -2.30. The second-order valence-electron chi connectivity index (χ2n) is 12.3. The Balaban J connectivity index is 1.37. The van der Waals surface area contributed by atoms with E-state index in [9.17, 15) is 8.78 Å². The van der Waals surface area contributed by atoms with Crippen molar-refractivity contribution >= 4 is 11.0 Å². The van der Waals surface area contributed by atoms with Gasteiger partial charge in [0, 0.05) is 5.56 Å². The number of fused-ring (bicyclic) bond motifs is 3. The van der Waals surface area contributed by atoms with Gasteiger partial charge in [0.1, 0.15) is 11.0 Å². The van der Waals surface area contributed by atoms with Crippen LogP contribution < -0.4 is 18.9 Å². The fourth-order valence-electron chi connectivity index (χ4n) is 5.77. The maximum Gasteiger partial charge on any atom is 0.586 e. The fourth-order valence-corrected chi connectivity index (χ4v) is 5.77. The average Bonchev–Trinajstić information content (AvgIpc) is 3.59. The van der Waals surface area contributed by atoms with Gasteiger partial charge in [0.2, 0.25) is 6.79 Å². The molecule has 0 bridgehead atoms. The van der Waals surface area contributed by atoms with Gasteiger partial charge < -0.3 is 18.9 Å². The number of benzene rings is 3. The highest BCUT2D eigenvalue weighted by Gasteiger charge is 2.46. The van der Waals surface area contributed by atoms with E-state index in [1.54, 1.807) is 6.07 Å². The molecule has 210 valence electrons. The molecular weight excluding hydrogens is 518 g/mol. The standard InChI is InChI=1S/C31H32F2N2O5/c1-17(2)21-9-18(11-23-27(21)35-40-34-23)15-30(5,6)22-10-19(12-26-28(22)39-31(32,33)38-26)14-29(3,4)20-7-8-24-25(13-20)37-16-36-24/h7-13,17H,14-16H2,1-6H3. The molecule has 9 heteroatoms. The number of aromatic nitrogens is 2. The van der Waals surface area contributed by atoms with Crippen LogP contribution >= 0.6 is 0 Å². The Morgan fingerprint density at radius 1 is 0.825 bits per heavy atom. The summed E-state index contributed by atoms with van der Waals surface area (Å²) in [5.41, 5.74) is 5.09.